The van der Waals surface area contributed by atoms with E-state index in [-0.39, 0.29) is 16.8 Å². The maximum absolute atomic E-state index is 6.56. The summed E-state index contributed by atoms with van der Waals surface area (Å²) in [6.45, 7) is 0. The van der Waals surface area contributed by atoms with Crippen molar-refractivity contribution >= 4 is 33.5 Å². The van der Waals surface area contributed by atoms with Crippen LogP contribution in [0.1, 0.15) is 6.42 Å². The third kappa shape index (κ3) is 5.92. The topological polar surface area (TPSA) is 47.7 Å². The quantitative estimate of drug-likeness (QED) is 0.548. The van der Waals surface area contributed by atoms with Crippen molar-refractivity contribution in [1.82, 2.24) is 0 Å². The maximum Gasteiger partial charge on any atom is 0.104 e. The van der Waals surface area contributed by atoms with Crippen LogP contribution in [0, 0.1) is 10.8 Å². The van der Waals surface area contributed by atoms with Crippen LogP contribution in [0.15, 0.2) is 0 Å². The summed E-state index contributed by atoms with van der Waals surface area (Å²) < 4.78 is 0. The zero-order valence-electron chi connectivity index (χ0n) is 3.46. The molecule has 4 heteroatoms. The normalized spacial score (nSPS) is 8.29. The molecular formula is C3H4Cl2N2. The van der Waals surface area contributed by atoms with E-state index in [0.717, 1.165) is 0 Å². The van der Waals surface area contributed by atoms with Crippen LogP contribution in [0.25, 0.3) is 0 Å². The van der Waals surface area contributed by atoms with Crippen LogP contribution >= 0.6 is 23.2 Å². The third-order valence-electron chi connectivity index (χ3n) is 0.310. The number of halogens is 2. The van der Waals surface area contributed by atoms with Gasteiger partial charge in [0.15, 0.2) is 0 Å². The Kier molecular flexibility index (Phi) is 2.96. The smallest absolute Gasteiger partial charge is 0.104 e. The summed E-state index contributed by atoms with van der Waals surface area (Å²) in [5, 5.41) is 12.9. The summed E-state index contributed by atoms with van der Waals surface area (Å²) in [4.78, 5) is 0. The van der Waals surface area contributed by atoms with Gasteiger partial charge in [0.2, 0.25) is 0 Å². The lowest BCUT2D eigenvalue weighted by atomic mass is 10.5. The van der Waals surface area contributed by atoms with Gasteiger partial charge in [-0.15, -0.1) is 0 Å². The molecule has 0 spiro atoms. The molecule has 0 radical (unpaired) electrons. The van der Waals surface area contributed by atoms with Gasteiger partial charge in [0.05, 0.1) is 6.42 Å². The molecule has 7 heavy (non-hydrogen) atoms. The Morgan fingerprint density at radius 3 is 1.43 bits per heavy atom. The molecule has 0 amide bonds. The van der Waals surface area contributed by atoms with Gasteiger partial charge in [-0.1, -0.05) is 23.2 Å². The second-order valence-corrected chi connectivity index (χ2v) is 1.90. The molecule has 0 saturated heterocycles. The van der Waals surface area contributed by atoms with Crippen LogP contribution < -0.4 is 0 Å². The molecule has 0 bridgehead atoms. The van der Waals surface area contributed by atoms with Gasteiger partial charge in [-0.25, -0.2) is 0 Å². The highest BCUT2D eigenvalue weighted by Gasteiger charge is 1.91. The highest BCUT2D eigenvalue weighted by Crippen LogP contribution is 1.93. The second-order valence-electron chi connectivity index (χ2n) is 0.987. The van der Waals surface area contributed by atoms with Crippen LogP contribution in [-0.4, -0.2) is 10.3 Å². The van der Waals surface area contributed by atoms with Crippen molar-refractivity contribution in [3.8, 4) is 0 Å². The van der Waals surface area contributed by atoms with Crippen LogP contribution in [0.4, 0.5) is 0 Å². The zero-order chi connectivity index (χ0) is 5.86. The van der Waals surface area contributed by atoms with Crippen molar-refractivity contribution in [3.05, 3.63) is 0 Å². The zero-order valence-corrected chi connectivity index (χ0v) is 4.97. The minimum Gasteiger partial charge on any atom is -0.293 e. The monoisotopic (exact) mass is 138 g/mol. The first-order valence-corrected chi connectivity index (χ1v) is 2.34. The minimum absolute atomic E-state index is 0.0586. The Labute approximate surface area is 51.4 Å². The molecule has 0 fully saturated rings. The van der Waals surface area contributed by atoms with Crippen molar-refractivity contribution in [2.45, 2.75) is 6.42 Å². The number of rotatable bonds is 2. The molecule has 0 heterocycles. The predicted octanol–water partition coefficient (Wildman–Crippen LogP) is 1.81. The van der Waals surface area contributed by atoms with E-state index in [4.69, 9.17) is 34.0 Å². The summed E-state index contributed by atoms with van der Waals surface area (Å²) >= 11 is 10.1. The molecule has 2 nitrogen and oxygen atoms in total. The van der Waals surface area contributed by atoms with Crippen molar-refractivity contribution in [1.29, 1.82) is 10.8 Å². The first kappa shape index (κ1) is 6.92. The summed E-state index contributed by atoms with van der Waals surface area (Å²) in [6, 6.07) is 0. The van der Waals surface area contributed by atoms with E-state index < -0.39 is 0 Å². The molecule has 0 rings (SSSR count). The van der Waals surface area contributed by atoms with Crippen molar-refractivity contribution in [2.24, 2.45) is 0 Å². The van der Waals surface area contributed by atoms with Crippen LogP contribution in [0.2, 0.25) is 0 Å². The van der Waals surface area contributed by atoms with Gasteiger partial charge in [-0.3, -0.25) is 10.8 Å². The molecular weight excluding hydrogens is 135 g/mol. The van der Waals surface area contributed by atoms with Gasteiger partial charge >= 0.3 is 0 Å². The molecule has 0 atom stereocenters. The first-order chi connectivity index (χ1) is 3.13. The minimum atomic E-state index is -0.0972. The number of hydrogen-bond acceptors (Lipinski definition) is 2. The first-order valence-electron chi connectivity index (χ1n) is 1.59. The summed E-state index contributed by atoms with van der Waals surface area (Å²) in [6.07, 6.45) is 0.0586. The van der Waals surface area contributed by atoms with Gasteiger partial charge in [-0.05, 0) is 0 Å². The lowest BCUT2D eigenvalue weighted by Crippen LogP contribution is -1.90. The van der Waals surface area contributed by atoms with Gasteiger partial charge < -0.3 is 0 Å². The molecule has 2 N–H and O–H groups in total. The average molecular weight is 139 g/mol. The van der Waals surface area contributed by atoms with E-state index in [0.29, 0.717) is 0 Å². The summed E-state index contributed by atoms with van der Waals surface area (Å²) in [5.74, 6) is 0. The van der Waals surface area contributed by atoms with Crippen molar-refractivity contribution in [2.75, 3.05) is 0 Å². The lowest BCUT2D eigenvalue weighted by Gasteiger charge is -1.84. The predicted molar refractivity (Wildman–Crippen MR) is 31.8 cm³/mol. The van der Waals surface area contributed by atoms with E-state index in [1.54, 1.807) is 0 Å². The fourth-order valence-electron chi connectivity index (χ4n) is 0.136. The summed E-state index contributed by atoms with van der Waals surface area (Å²) in [5.41, 5.74) is 0. The van der Waals surface area contributed by atoms with E-state index in [2.05, 4.69) is 0 Å². The lowest BCUT2D eigenvalue weighted by molar-refractivity contribution is 1.43. The fourth-order valence-corrected chi connectivity index (χ4v) is 0.472. The van der Waals surface area contributed by atoms with Crippen LogP contribution in [-0.2, 0) is 0 Å². The molecule has 0 aliphatic carbocycles. The Morgan fingerprint density at radius 1 is 1.14 bits per heavy atom. The molecule has 40 valence electrons. The van der Waals surface area contributed by atoms with Gasteiger partial charge in [0, 0.05) is 0 Å². The molecule has 0 aliphatic heterocycles. The van der Waals surface area contributed by atoms with E-state index in [1.165, 1.54) is 0 Å². The van der Waals surface area contributed by atoms with Gasteiger partial charge in [-0.2, -0.15) is 0 Å². The Hall–Kier alpha value is -0.0800. The fraction of sp³-hybridized carbons (Fsp3) is 0.333. The van der Waals surface area contributed by atoms with E-state index in [1.807, 2.05) is 0 Å². The Morgan fingerprint density at radius 2 is 1.43 bits per heavy atom. The molecule has 0 aromatic carbocycles. The van der Waals surface area contributed by atoms with Crippen LogP contribution in [0.5, 0.6) is 0 Å². The van der Waals surface area contributed by atoms with E-state index >= 15 is 0 Å². The molecule has 0 saturated carbocycles. The van der Waals surface area contributed by atoms with Crippen molar-refractivity contribution in [3.63, 3.8) is 0 Å². The van der Waals surface area contributed by atoms with Crippen molar-refractivity contribution < 1.29 is 0 Å². The Bertz CT molecular complexity index is 87.1. The van der Waals surface area contributed by atoms with Gasteiger partial charge in [0.1, 0.15) is 10.3 Å². The SMILES string of the molecule is N=C(Cl)CC(=N)Cl. The number of hydrogen-bond donors (Lipinski definition) is 2. The molecule has 0 aliphatic rings. The third-order valence-corrected chi connectivity index (χ3v) is 0.578. The highest BCUT2D eigenvalue weighted by atomic mass is 35.5. The largest absolute Gasteiger partial charge is 0.293 e. The maximum atomic E-state index is 6.56. The molecule has 0 aromatic heterocycles. The molecule has 0 aromatic rings. The second kappa shape index (κ2) is 2.99. The highest BCUT2D eigenvalue weighted by molar-refractivity contribution is 6.73. The van der Waals surface area contributed by atoms with Gasteiger partial charge in [0.25, 0.3) is 0 Å². The van der Waals surface area contributed by atoms with E-state index in [9.17, 15) is 0 Å². The standard InChI is InChI=1S/C3H4Cl2N2/c4-2(6)1-3(5)7/h6-7H,1H2. The van der Waals surface area contributed by atoms with Crippen LogP contribution in [0.3, 0.4) is 0 Å². The average Bonchev–Trinajstić information content (AvgIpc) is 1.27. The number of nitrogens with one attached hydrogen (secondary N) is 2. The summed E-state index contributed by atoms with van der Waals surface area (Å²) in [7, 11) is 0. The molecule has 0 unspecified atom stereocenters. The Balaban J connectivity index is 3.32.